The third-order valence-corrected chi connectivity index (χ3v) is 6.68. The fourth-order valence-corrected chi connectivity index (χ4v) is 5.39. The molecule has 0 bridgehead atoms. The molecule has 1 aromatic rings. The van der Waals surface area contributed by atoms with Gasteiger partial charge in [-0.25, -0.2) is 13.1 Å². The Kier molecular flexibility index (Phi) is 4.47. The maximum absolute atomic E-state index is 12.2. The van der Waals surface area contributed by atoms with Crippen molar-refractivity contribution in [1.82, 2.24) is 4.72 Å². The van der Waals surface area contributed by atoms with Crippen molar-refractivity contribution in [2.24, 2.45) is 11.8 Å². The highest BCUT2D eigenvalue weighted by atomic mass is 32.2. The SMILES string of the molecule is Nc1cccc(SCCS(=O)(=O)NC(C2CC2)C2CC2)c1. The molecule has 2 aliphatic carbocycles. The molecule has 116 valence electrons. The molecular weight excluding hydrogens is 304 g/mol. The third kappa shape index (κ3) is 4.63. The summed E-state index contributed by atoms with van der Waals surface area (Å²) in [4.78, 5) is 1.02. The summed E-state index contributed by atoms with van der Waals surface area (Å²) in [7, 11) is -3.17. The molecule has 0 spiro atoms. The second kappa shape index (κ2) is 6.18. The minimum absolute atomic E-state index is 0.169. The summed E-state index contributed by atoms with van der Waals surface area (Å²) >= 11 is 1.54. The summed E-state index contributed by atoms with van der Waals surface area (Å²) in [5.74, 6) is 1.91. The summed E-state index contributed by atoms with van der Waals surface area (Å²) in [6, 6.07) is 7.76. The van der Waals surface area contributed by atoms with E-state index in [0.717, 1.165) is 4.90 Å². The van der Waals surface area contributed by atoms with Crippen LogP contribution in [0, 0.1) is 11.8 Å². The summed E-state index contributed by atoms with van der Waals surface area (Å²) in [5, 5.41) is 0. The molecule has 0 radical (unpaired) electrons. The van der Waals surface area contributed by atoms with Crippen molar-refractivity contribution in [3.63, 3.8) is 0 Å². The summed E-state index contributed by atoms with van der Waals surface area (Å²) in [5.41, 5.74) is 6.43. The molecule has 0 aromatic heterocycles. The quantitative estimate of drug-likeness (QED) is 0.568. The summed E-state index contributed by atoms with van der Waals surface area (Å²) in [6.07, 6.45) is 4.73. The van der Waals surface area contributed by atoms with Gasteiger partial charge >= 0.3 is 0 Å². The maximum Gasteiger partial charge on any atom is 0.212 e. The van der Waals surface area contributed by atoms with E-state index in [-0.39, 0.29) is 11.8 Å². The fourth-order valence-electron chi connectivity index (χ4n) is 2.63. The van der Waals surface area contributed by atoms with E-state index in [2.05, 4.69) is 4.72 Å². The molecule has 0 saturated heterocycles. The van der Waals surface area contributed by atoms with Crippen LogP contribution in [0.15, 0.2) is 29.2 Å². The minimum atomic E-state index is -3.17. The highest BCUT2D eigenvalue weighted by Crippen LogP contribution is 2.44. The number of nitrogens with one attached hydrogen (secondary N) is 1. The van der Waals surface area contributed by atoms with Gasteiger partial charge < -0.3 is 5.73 Å². The van der Waals surface area contributed by atoms with E-state index in [9.17, 15) is 8.42 Å². The van der Waals surface area contributed by atoms with Crippen LogP contribution in [-0.2, 0) is 10.0 Å². The van der Waals surface area contributed by atoms with Gasteiger partial charge in [0, 0.05) is 22.4 Å². The molecule has 2 saturated carbocycles. The first-order valence-electron chi connectivity index (χ1n) is 7.52. The van der Waals surface area contributed by atoms with Crippen LogP contribution >= 0.6 is 11.8 Å². The Balaban J connectivity index is 1.49. The minimum Gasteiger partial charge on any atom is -0.399 e. The van der Waals surface area contributed by atoms with Crippen molar-refractivity contribution < 1.29 is 8.42 Å². The van der Waals surface area contributed by atoms with Gasteiger partial charge in [0.1, 0.15) is 0 Å². The molecule has 2 aliphatic rings. The molecular formula is C15H22N2O2S2. The zero-order valence-electron chi connectivity index (χ0n) is 12.0. The van der Waals surface area contributed by atoms with Gasteiger partial charge in [0.25, 0.3) is 0 Å². The van der Waals surface area contributed by atoms with Gasteiger partial charge in [0.05, 0.1) is 5.75 Å². The summed E-state index contributed by atoms with van der Waals surface area (Å²) in [6.45, 7) is 0. The molecule has 0 amide bonds. The molecule has 0 aliphatic heterocycles. The first-order chi connectivity index (χ1) is 10.0. The van der Waals surface area contributed by atoms with Crippen molar-refractivity contribution in [3.8, 4) is 0 Å². The molecule has 0 heterocycles. The van der Waals surface area contributed by atoms with E-state index in [4.69, 9.17) is 5.73 Å². The van der Waals surface area contributed by atoms with E-state index in [1.165, 1.54) is 37.4 Å². The van der Waals surface area contributed by atoms with Crippen LogP contribution < -0.4 is 10.5 Å². The number of sulfonamides is 1. The van der Waals surface area contributed by atoms with Crippen LogP contribution in [0.1, 0.15) is 25.7 Å². The predicted molar refractivity (Wildman–Crippen MR) is 87.7 cm³/mol. The zero-order valence-corrected chi connectivity index (χ0v) is 13.6. The van der Waals surface area contributed by atoms with Gasteiger partial charge in [-0.3, -0.25) is 0 Å². The van der Waals surface area contributed by atoms with Crippen molar-refractivity contribution >= 4 is 27.5 Å². The number of nitrogens with two attached hydrogens (primary N) is 1. The van der Waals surface area contributed by atoms with E-state index in [0.29, 0.717) is 23.3 Å². The molecule has 3 N–H and O–H groups in total. The Labute approximate surface area is 130 Å². The molecule has 3 rings (SSSR count). The molecule has 4 nitrogen and oxygen atoms in total. The fraction of sp³-hybridized carbons (Fsp3) is 0.600. The van der Waals surface area contributed by atoms with Gasteiger partial charge in [-0.2, -0.15) is 0 Å². The Morgan fingerprint density at radius 3 is 2.48 bits per heavy atom. The Bertz CT molecular complexity index is 583. The van der Waals surface area contributed by atoms with Gasteiger partial charge in [0.15, 0.2) is 0 Å². The third-order valence-electron chi connectivity index (χ3n) is 4.05. The van der Waals surface area contributed by atoms with Gasteiger partial charge in [-0.1, -0.05) is 6.07 Å². The Hall–Kier alpha value is -0.720. The predicted octanol–water partition coefficient (Wildman–Crippen LogP) is 2.47. The average Bonchev–Trinajstić information content (AvgIpc) is 3.27. The Morgan fingerprint density at radius 1 is 1.24 bits per heavy atom. The number of benzene rings is 1. The first kappa shape index (κ1) is 15.2. The molecule has 0 atom stereocenters. The smallest absolute Gasteiger partial charge is 0.212 e. The lowest BCUT2D eigenvalue weighted by Crippen LogP contribution is -2.39. The monoisotopic (exact) mass is 326 g/mol. The second-order valence-electron chi connectivity index (χ2n) is 6.06. The topological polar surface area (TPSA) is 72.2 Å². The lowest BCUT2D eigenvalue weighted by molar-refractivity contribution is 0.472. The highest BCUT2D eigenvalue weighted by Gasteiger charge is 2.43. The molecule has 6 heteroatoms. The van der Waals surface area contributed by atoms with Crippen LogP contribution in [0.4, 0.5) is 5.69 Å². The van der Waals surface area contributed by atoms with Gasteiger partial charge in [-0.15, -0.1) is 11.8 Å². The lowest BCUT2D eigenvalue weighted by Gasteiger charge is -2.17. The van der Waals surface area contributed by atoms with E-state index < -0.39 is 10.0 Å². The number of hydrogen-bond donors (Lipinski definition) is 2. The van der Waals surface area contributed by atoms with E-state index in [1.807, 2.05) is 24.3 Å². The van der Waals surface area contributed by atoms with Crippen LogP contribution in [0.25, 0.3) is 0 Å². The summed E-state index contributed by atoms with van der Waals surface area (Å²) < 4.78 is 27.4. The molecule has 2 fully saturated rings. The number of nitrogen functional groups attached to an aromatic ring is 1. The average molecular weight is 326 g/mol. The number of thioether (sulfide) groups is 1. The number of rotatable bonds is 8. The van der Waals surface area contributed by atoms with Crippen LogP contribution in [0.2, 0.25) is 0 Å². The van der Waals surface area contributed by atoms with E-state index in [1.54, 1.807) is 0 Å². The number of hydrogen-bond acceptors (Lipinski definition) is 4. The zero-order chi connectivity index (χ0) is 14.9. The molecule has 21 heavy (non-hydrogen) atoms. The lowest BCUT2D eigenvalue weighted by atomic mass is 10.1. The van der Waals surface area contributed by atoms with Crippen molar-refractivity contribution in [3.05, 3.63) is 24.3 Å². The van der Waals surface area contributed by atoms with Gasteiger partial charge in [0.2, 0.25) is 10.0 Å². The standard InChI is InChI=1S/C15H22N2O2S2/c16-13-2-1-3-14(10-13)20-8-9-21(18,19)17-15(11-4-5-11)12-6-7-12/h1-3,10-12,15,17H,4-9,16H2. The second-order valence-corrected chi connectivity index (χ2v) is 9.10. The number of anilines is 1. The maximum atomic E-state index is 12.2. The van der Waals surface area contributed by atoms with Gasteiger partial charge in [-0.05, 0) is 55.7 Å². The largest absolute Gasteiger partial charge is 0.399 e. The highest BCUT2D eigenvalue weighted by molar-refractivity contribution is 8.00. The van der Waals surface area contributed by atoms with Crippen molar-refractivity contribution in [1.29, 1.82) is 0 Å². The van der Waals surface area contributed by atoms with Crippen molar-refractivity contribution in [2.75, 3.05) is 17.2 Å². The first-order valence-corrected chi connectivity index (χ1v) is 10.2. The van der Waals surface area contributed by atoms with Crippen LogP contribution in [0.5, 0.6) is 0 Å². The molecule has 1 aromatic carbocycles. The van der Waals surface area contributed by atoms with E-state index >= 15 is 0 Å². The Morgan fingerprint density at radius 2 is 1.90 bits per heavy atom. The molecule has 0 unspecified atom stereocenters. The van der Waals surface area contributed by atoms with Crippen LogP contribution in [-0.4, -0.2) is 26.0 Å². The normalized spacial score (nSPS) is 19.1. The van der Waals surface area contributed by atoms with Crippen LogP contribution in [0.3, 0.4) is 0 Å². The van der Waals surface area contributed by atoms with Crippen molar-refractivity contribution in [2.45, 2.75) is 36.6 Å².